The maximum Gasteiger partial charge on any atom is 0.240 e. The number of carbonyl (C=O) groups excluding carboxylic acids is 1. The third-order valence-electron chi connectivity index (χ3n) is 4.04. The fourth-order valence-electron chi connectivity index (χ4n) is 2.84. The molecule has 0 bridgehead atoms. The first kappa shape index (κ1) is 16.2. The highest BCUT2D eigenvalue weighted by atomic mass is 16.3. The number of nitrogens with one attached hydrogen (secondary N) is 1. The van der Waals surface area contributed by atoms with Crippen LogP contribution in [0.4, 0.5) is 0 Å². The van der Waals surface area contributed by atoms with Gasteiger partial charge in [0.1, 0.15) is 18.5 Å². The van der Waals surface area contributed by atoms with E-state index < -0.39 is 6.10 Å². The molecule has 0 aliphatic carbocycles. The van der Waals surface area contributed by atoms with Gasteiger partial charge in [-0.15, -0.1) is 0 Å². The van der Waals surface area contributed by atoms with Crippen molar-refractivity contribution in [2.75, 3.05) is 0 Å². The number of hydrogen-bond acceptors (Lipinski definition) is 3. The molecule has 2 unspecified atom stereocenters. The number of hydrogen-bond donors (Lipinski definition) is 2. The van der Waals surface area contributed by atoms with Crippen molar-refractivity contribution < 1.29 is 9.90 Å². The van der Waals surface area contributed by atoms with Crippen LogP contribution in [0.1, 0.15) is 37.4 Å². The van der Waals surface area contributed by atoms with Gasteiger partial charge < -0.3 is 15.0 Å². The summed E-state index contributed by atoms with van der Waals surface area (Å²) in [7, 11) is 0. The zero-order valence-corrected chi connectivity index (χ0v) is 13.8. The molecule has 5 heteroatoms. The van der Waals surface area contributed by atoms with Crippen molar-refractivity contribution in [2.45, 2.75) is 32.5 Å². The quantitative estimate of drug-likeness (QED) is 0.758. The Bertz CT molecular complexity index is 840. The minimum absolute atomic E-state index is 0.0801. The number of nitrogens with zero attached hydrogens (tertiary/aromatic N) is 2. The Labute approximate surface area is 141 Å². The summed E-state index contributed by atoms with van der Waals surface area (Å²) in [6, 6.07) is 17.3. The van der Waals surface area contributed by atoms with Crippen molar-refractivity contribution >= 4 is 16.9 Å². The molecule has 2 atom stereocenters. The summed E-state index contributed by atoms with van der Waals surface area (Å²) in [5.41, 5.74) is 2.67. The third-order valence-corrected chi connectivity index (χ3v) is 4.04. The normalized spacial score (nSPS) is 13.6. The van der Waals surface area contributed by atoms with E-state index in [1.165, 1.54) is 0 Å². The van der Waals surface area contributed by atoms with Crippen molar-refractivity contribution in [3.05, 3.63) is 66.0 Å². The first-order chi connectivity index (χ1) is 11.6. The van der Waals surface area contributed by atoms with Gasteiger partial charge in [-0.2, -0.15) is 0 Å². The molecule has 0 saturated heterocycles. The predicted molar refractivity (Wildman–Crippen MR) is 93.4 cm³/mol. The number of carbonyl (C=O) groups is 1. The van der Waals surface area contributed by atoms with Gasteiger partial charge in [-0.25, -0.2) is 4.98 Å². The van der Waals surface area contributed by atoms with Crippen molar-refractivity contribution in [1.29, 1.82) is 0 Å². The van der Waals surface area contributed by atoms with Crippen LogP contribution in [-0.4, -0.2) is 20.6 Å². The molecule has 0 saturated carbocycles. The average molecular weight is 323 g/mol. The highest BCUT2D eigenvalue weighted by Crippen LogP contribution is 2.20. The highest BCUT2D eigenvalue weighted by Gasteiger charge is 2.17. The topological polar surface area (TPSA) is 67.2 Å². The molecule has 5 nitrogen and oxygen atoms in total. The summed E-state index contributed by atoms with van der Waals surface area (Å²) in [4.78, 5) is 16.9. The first-order valence-corrected chi connectivity index (χ1v) is 8.04. The molecule has 1 aromatic heterocycles. The van der Waals surface area contributed by atoms with Crippen LogP contribution in [0.3, 0.4) is 0 Å². The molecule has 3 aromatic rings. The molecule has 24 heavy (non-hydrogen) atoms. The summed E-state index contributed by atoms with van der Waals surface area (Å²) >= 11 is 0. The molecular formula is C19H21N3O2. The number of imidazole rings is 1. The lowest BCUT2D eigenvalue weighted by atomic mass is 10.1. The zero-order chi connectivity index (χ0) is 17.1. The van der Waals surface area contributed by atoms with Gasteiger partial charge in [-0.05, 0) is 31.5 Å². The fraction of sp³-hybridized carbons (Fsp3) is 0.263. The van der Waals surface area contributed by atoms with Crippen LogP contribution in [0.25, 0.3) is 11.0 Å². The maximum atomic E-state index is 12.5. The Morgan fingerprint density at radius 1 is 1.12 bits per heavy atom. The van der Waals surface area contributed by atoms with Crippen molar-refractivity contribution in [2.24, 2.45) is 0 Å². The van der Waals surface area contributed by atoms with Gasteiger partial charge in [-0.3, -0.25) is 4.79 Å². The van der Waals surface area contributed by atoms with Crippen LogP contribution in [0.5, 0.6) is 0 Å². The molecule has 1 amide bonds. The molecule has 124 valence electrons. The van der Waals surface area contributed by atoms with Gasteiger partial charge in [0.25, 0.3) is 0 Å². The van der Waals surface area contributed by atoms with Crippen LogP contribution < -0.4 is 5.32 Å². The Hall–Kier alpha value is -2.66. The Balaban J connectivity index is 1.81. The largest absolute Gasteiger partial charge is 0.385 e. The van der Waals surface area contributed by atoms with Crippen LogP contribution >= 0.6 is 0 Å². The van der Waals surface area contributed by atoms with Crippen LogP contribution in [-0.2, 0) is 11.3 Å². The third kappa shape index (κ3) is 3.31. The van der Waals surface area contributed by atoms with Gasteiger partial charge >= 0.3 is 0 Å². The Morgan fingerprint density at radius 2 is 1.79 bits per heavy atom. The predicted octanol–water partition coefficient (Wildman–Crippen LogP) is 2.97. The number of benzene rings is 2. The molecule has 0 aliphatic heterocycles. The van der Waals surface area contributed by atoms with Crippen LogP contribution in [0, 0.1) is 0 Å². The summed E-state index contributed by atoms with van der Waals surface area (Å²) < 4.78 is 1.77. The van der Waals surface area contributed by atoms with E-state index in [4.69, 9.17) is 0 Å². The van der Waals surface area contributed by atoms with Crippen molar-refractivity contribution in [3.8, 4) is 0 Å². The van der Waals surface area contributed by atoms with E-state index in [9.17, 15) is 9.90 Å². The number of rotatable bonds is 5. The second-order valence-electron chi connectivity index (χ2n) is 5.92. The highest BCUT2D eigenvalue weighted by molar-refractivity contribution is 5.81. The monoisotopic (exact) mass is 323 g/mol. The van der Waals surface area contributed by atoms with Gasteiger partial charge in [0.05, 0.1) is 17.1 Å². The van der Waals surface area contributed by atoms with Crippen LogP contribution in [0.15, 0.2) is 54.6 Å². The standard InChI is InChI=1S/C19H21N3O2/c1-13(15-8-4-3-5-9-15)20-18(24)12-22-17-11-7-6-10-16(17)21-19(22)14(2)23/h3-11,13-14,23H,12H2,1-2H3,(H,20,24). The molecule has 2 aromatic carbocycles. The molecule has 3 rings (SSSR count). The summed E-state index contributed by atoms with van der Waals surface area (Å²) in [5.74, 6) is 0.384. The van der Waals surface area contributed by atoms with Gasteiger partial charge in [0.15, 0.2) is 0 Å². The lowest BCUT2D eigenvalue weighted by molar-refractivity contribution is -0.122. The first-order valence-electron chi connectivity index (χ1n) is 8.04. The van der Waals surface area contributed by atoms with Gasteiger partial charge in [0, 0.05) is 0 Å². The number of aromatic nitrogens is 2. The van der Waals surface area contributed by atoms with Crippen molar-refractivity contribution in [1.82, 2.24) is 14.9 Å². The average Bonchev–Trinajstić information content (AvgIpc) is 2.94. The molecule has 0 fully saturated rings. The lowest BCUT2D eigenvalue weighted by Crippen LogP contribution is -2.30. The second kappa shape index (κ2) is 6.84. The number of amides is 1. The summed E-state index contributed by atoms with van der Waals surface area (Å²) in [5, 5.41) is 13.0. The molecule has 1 heterocycles. The molecular weight excluding hydrogens is 302 g/mol. The van der Waals surface area contributed by atoms with E-state index in [0.29, 0.717) is 5.82 Å². The van der Waals surface area contributed by atoms with Crippen molar-refractivity contribution in [3.63, 3.8) is 0 Å². The Kier molecular flexibility index (Phi) is 4.62. The van der Waals surface area contributed by atoms with Crippen LogP contribution in [0.2, 0.25) is 0 Å². The molecule has 2 N–H and O–H groups in total. The molecule has 0 spiro atoms. The smallest absolute Gasteiger partial charge is 0.240 e. The van der Waals surface area contributed by atoms with E-state index in [-0.39, 0.29) is 18.5 Å². The number of aliphatic hydroxyl groups is 1. The number of fused-ring (bicyclic) bond motifs is 1. The number of para-hydroxylation sites is 2. The number of aliphatic hydroxyl groups excluding tert-OH is 1. The summed E-state index contributed by atoms with van der Waals surface area (Å²) in [6.07, 6.45) is -0.739. The minimum atomic E-state index is -0.739. The summed E-state index contributed by atoms with van der Waals surface area (Å²) in [6.45, 7) is 3.73. The molecule has 0 aliphatic rings. The fourth-order valence-corrected chi connectivity index (χ4v) is 2.84. The Morgan fingerprint density at radius 3 is 2.50 bits per heavy atom. The van der Waals surface area contributed by atoms with Gasteiger partial charge in [0.2, 0.25) is 5.91 Å². The SMILES string of the molecule is CC(O)c1nc2ccccc2n1CC(=O)NC(C)c1ccccc1. The van der Waals surface area contributed by atoms with E-state index in [1.54, 1.807) is 11.5 Å². The second-order valence-corrected chi connectivity index (χ2v) is 5.92. The maximum absolute atomic E-state index is 12.5. The lowest BCUT2D eigenvalue weighted by Gasteiger charge is -2.16. The van der Waals surface area contributed by atoms with E-state index in [0.717, 1.165) is 16.6 Å². The van der Waals surface area contributed by atoms with E-state index >= 15 is 0 Å². The zero-order valence-electron chi connectivity index (χ0n) is 13.8. The van der Waals surface area contributed by atoms with Gasteiger partial charge in [-0.1, -0.05) is 42.5 Å². The van der Waals surface area contributed by atoms with E-state index in [1.807, 2.05) is 61.5 Å². The minimum Gasteiger partial charge on any atom is -0.385 e. The molecule has 0 radical (unpaired) electrons. The van der Waals surface area contributed by atoms with E-state index in [2.05, 4.69) is 10.3 Å².